The number of hydrogen-bond donors (Lipinski definition) is 2. The maximum absolute atomic E-state index is 13.4. The third kappa shape index (κ3) is 8.43. The third-order valence-electron chi connectivity index (χ3n) is 7.38. The highest BCUT2D eigenvalue weighted by atomic mass is 19.4. The Morgan fingerprint density at radius 3 is 1.71 bits per heavy atom. The number of nitrogens with one attached hydrogen (secondary N) is 1. The molecule has 1 heterocycles. The zero-order valence-corrected chi connectivity index (χ0v) is 24.1. The predicted molar refractivity (Wildman–Crippen MR) is 166 cm³/mol. The van der Waals surface area contributed by atoms with Crippen LogP contribution in [0, 0.1) is 0 Å². The van der Waals surface area contributed by atoms with Crippen LogP contribution in [0.25, 0.3) is 22.3 Å². The molecule has 0 saturated heterocycles. The summed E-state index contributed by atoms with van der Waals surface area (Å²) in [5.74, 6) is -1.54. The van der Waals surface area contributed by atoms with Crippen molar-refractivity contribution in [2.75, 3.05) is 0 Å². The summed E-state index contributed by atoms with van der Waals surface area (Å²) in [7, 11) is 0. The molecule has 1 unspecified atom stereocenters. The van der Waals surface area contributed by atoms with Gasteiger partial charge in [-0.2, -0.15) is 13.2 Å². The SMILES string of the molecule is O=C(O)CC(NC(=O)c1ccc(-c2ccc(C(F)(F)F)cc2)cc1)N(Cc1ccncc1)Cc1ccc(-c2ccccc2)cc1. The molecule has 228 valence electrons. The zero-order valence-electron chi connectivity index (χ0n) is 24.1. The van der Waals surface area contributed by atoms with Crippen molar-refractivity contribution in [2.24, 2.45) is 0 Å². The molecule has 0 aliphatic heterocycles. The van der Waals surface area contributed by atoms with Crippen LogP contribution < -0.4 is 5.32 Å². The summed E-state index contributed by atoms with van der Waals surface area (Å²) >= 11 is 0. The Morgan fingerprint density at radius 1 is 0.689 bits per heavy atom. The molecular weight excluding hydrogens is 579 g/mol. The van der Waals surface area contributed by atoms with Gasteiger partial charge in [0.25, 0.3) is 5.91 Å². The first-order valence-corrected chi connectivity index (χ1v) is 14.2. The largest absolute Gasteiger partial charge is 0.481 e. The fraction of sp³-hybridized carbons (Fsp3) is 0.139. The standard InChI is InChI=1S/C36H30F3N3O3/c37-36(38,39)32-16-14-30(15-17-32)29-10-12-31(13-11-29)35(45)41-33(22-34(43)44)42(24-26-18-20-40-21-19-26)23-25-6-8-28(9-7-25)27-4-2-1-3-5-27/h1-21,33H,22-24H2,(H,41,45)(H,43,44). The molecule has 1 aromatic heterocycles. The van der Waals surface area contributed by atoms with Crippen molar-refractivity contribution in [3.05, 3.63) is 150 Å². The quantitative estimate of drug-likeness (QED) is 0.150. The normalized spacial score (nSPS) is 12.1. The first-order valence-electron chi connectivity index (χ1n) is 14.2. The zero-order chi connectivity index (χ0) is 31.8. The summed E-state index contributed by atoms with van der Waals surface area (Å²) in [5, 5.41) is 12.7. The van der Waals surface area contributed by atoms with Crippen LogP contribution >= 0.6 is 0 Å². The Morgan fingerprint density at radius 2 is 1.18 bits per heavy atom. The lowest BCUT2D eigenvalue weighted by Gasteiger charge is -2.32. The highest BCUT2D eigenvalue weighted by molar-refractivity contribution is 5.95. The van der Waals surface area contributed by atoms with Crippen molar-refractivity contribution < 1.29 is 27.9 Å². The highest BCUT2D eigenvalue weighted by Crippen LogP contribution is 2.31. The topological polar surface area (TPSA) is 82.5 Å². The number of alkyl halides is 3. The second-order valence-electron chi connectivity index (χ2n) is 10.6. The van der Waals surface area contributed by atoms with Crippen LogP contribution in [0.5, 0.6) is 0 Å². The average Bonchev–Trinajstić information content (AvgIpc) is 3.05. The van der Waals surface area contributed by atoms with E-state index in [1.165, 1.54) is 12.1 Å². The van der Waals surface area contributed by atoms with E-state index in [0.29, 0.717) is 24.2 Å². The van der Waals surface area contributed by atoms with E-state index in [1.807, 2.05) is 71.6 Å². The van der Waals surface area contributed by atoms with E-state index in [-0.39, 0.29) is 12.0 Å². The maximum Gasteiger partial charge on any atom is 0.416 e. The van der Waals surface area contributed by atoms with Crippen molar-refractivity contribution >= 4 is 11.9 Å². The molecule has 0 aliphatic carbocycles. The number of pyridine rings is 1. The van der Waals surface area contributed by atoms with Gasteiger partial charge in [0.2, 0.25) is 0 Å². The van der Waals surface area contributed by atoms with Crippen LogP contribution in [0.15, 0.2) is 128 Å². The van der Waals surface area contributed by atoms with Gasteiger partial charge in [-0.25, -0.2) is 0 Å². The van der Waals surface area contributed by atoms with Crippen LogP contribution in [0.1, 0.15) is 33.5 Å². The molecule has 6 nitrogen and oxygen atoms in total. The second kappa shape index (κ2) is 14.0. The number of aliphatic carboxylic acids is 1. The molecule has 5 rings (SSSR count). The van der Waals surface area contributed by atoms with E-state index in [2.05, 4.69) is 10.3 Å². The van der Waals surface area contributed by atoms with Gasteiger partial charge in [-0.3, -0.25) is 19.5 Å². The summed E-state index contributed by atoms with van der Waals surface area (Å²) in [6, 6.07) is 32.8. The van der Waals surface area contributed by atoms with Crippen molar-refractivity contribution in [3.63, 3.8) is 0 Å². The number of carboxylic acids is 1. The summed E-state index contributed by atoms with van der Waals surface area (Å²) in [5.41, 5.74) is 4.73. The molecule has 0 spiro atoms. The van der Waals surface area contributed by atoms with Crippen LogP contribution in [0.2, 0.25) is 0 Å². The van der Waals surface area contributed by atoms with Crippen LogP contribution in [0.3, 0.4) is 0 Å². The van der Waals surface area contributed by atoms with Gasteiger partial charge in [0.15, 0.2) is 0 Å². The number of halogens is 3. The molecule has 5 aromatic rings. The number of hydrogen-bond acceptors (Lipinski definition) is 4. The predicted octanol–water partition coefficient (Wildman–Crippen LogP) is 7.67. The molecule has 0 aliphatic rings. The number of aromatic nitrogens is 1. The Kier molecular flexibility index (Phi) is 9.70. The molecule has 0 saturated carbocycles. The second-order valence-corrected chi connectivity index (χ2v) is 10.6. The lowest BCUT2D eigenvalue weighted by molar-refractivity contribution is -0.139. The summed E-state index contributed by atoms with van der Waals surface area (Å²) < 4.78 is 38.8. The fourth-order valence-corrected chi connectivity index (χ4v) is 5.00. The minimum absolute atomic E-state index is 0.289. The molecule has 1 amide bonds. The van der Waals surface area contributed by atoms with E-state index >= 15 is 0 Å². The van der Waals surface area contributed by atoms with E-state index in [1.54, 1.807) is 36.7 Å². The maximum atomic E-state index is 13.4. The van der Waals surface area contributed by atoms with E-state index in [9.17, 15) is 27.9 Å². The summed E-state index contributed by atoms with van der Waals surface area (Å²) in [6.07, 6.45) is -2.31. The van der Waals surface area contributed by atoms with Gasteiger partial charge >= 0.3 is 12.1 Å². The van der Waals surface area contributed by atoms with E-state index in [4.69, 9.17) is 0 Å². The number of rotatable bonds is 11. The Hall–Kier alpha value is -5.28. The van der Waals surface area contributed by atoms with Gasteiger partial charge in [0, 0.05) is 31.0 Å². The Labute approximate surface area is 258 Å². The van der Waals surface area contributed by atoms with Crippen molar-refractivity contribution in [1.29, 1.82) is 0 Å². The first-order chi connectivity index (χ1) is 21.7. The van der Waals surface area contributed by atoms with Crippen molar-refractivity contribution in [2.45, 2.75) is 31.9 Å². The van der Waals surface area contributed by atoms with Crippen LogP contribution in [-0.2, 0) is 24.1 Å². The molecule has 0 radical (unpaired) electrons. The molecular formula is C36H30F3N3O3. The van der Waals surface area contributed by atoms with E-state index in [0.717, 1.165) is 34.4 Å². The molecule has 2 N–H and O–H groups in total. The number of benzene rings is 4. The van der Waals surface area contributed by atoms with Crippen LogP contribution in [-0.4, -0.2) is 33.0 Å². The molecule has 45 heavy (non-hydrogen) atoms. The third-order valence-corrected chi connectivity index (χ3v) is 7.38. The monoisotopic (exact) mass is 609 g/mol. The molecule has 0 fully saturated rings. The Bertz CT molecular complexity index is 1710. The molecule has 0 bridgehead atoms. The van der Waals surface area contributed by atoms with Gasteiger partial charge in [0.1, 0.15) is 0 Å². The number of carbonyl (C=O) groups is 2. The minimum Gasteiger partial charge on any atom is -0.481 e. The fourth-order valence-electron chi connectivity index (χ4n) is 5.00. The van der Waals surface area contributed by atoms with Crippen LogP contribution in [0.4, 0.5) is 13.2 Å². The first kappa shape index (κ1) is 31.2. The average molecular weight is 610 g/mol. The number of amides is 1. The number of carbonyl (C=O) groups excluding carboxylic acids is 1. The Balaban J connectivity index is 1.35. The van der Waals surface area contributed by atoms with Crippen molar-refractivity contribution in [1.82, 2.24) is 15.2 Å². The summed E-state index contributed by atoms with van der Waals surface area (Å²) in [4.78, 5) is 31.3. The smallest absolute Gasteiger partial charge is 0.416 e. The van der Waals surface area contributed by atoms with Gasteiger partial charge < -0.3 is 10.4 Å². The minimum atomic E-state index is -4.43. The lowest BCUT2D eigenvalue weighted by Crippen LogP contribution is -2.48. The molecule has 1 atom stereocenters. The van der Waals surface area contributed by atoms with Gasteiger partial charge in [-0.15, -0.1) is 0 Å². The molecule has 4 aromatic carbocycles. The highest BCUT2D eigenvalue weighted by Gasteiger charge is 2.30. The van der Waals surface area contributed by atoms with E-state index < -0.39 is 29.8 Å². The number of carboxylic acid groups (broad SMARTS) is 1. The molecule has 9 heteroatoms. The van der Waals surface area contributed by atoms with Gasteiger partial charge in [0.05, 0.1) is 18.2 Å². The lowest BCUT2D eigenvalue weighted by atomic mass is 10.0. The number of nitrogens with zero attached hydrogens (tertiary/aromatic N) is 2. The van der Waals surface area contributed by atoms with Gasteiger partial charge in [-0.05, 0) is 69.8 Å². The van der Waals surface area contributed by atoms with Crippen molar-refractivity contribution in [3.8, 4) is 22.3 Å². The summed E-state index contributed by atoms with van der Waals surface area (Å²) in [6.45, 7) is 0.719. The van der Waals surface area contributed by atoms with Gasteiger partial charge in [-0.1, -0.05) is 78.9 Å².